The van der Waals surface area contributed by atoms with E-state index >= 15 is 0 Å². The van der Waals surface area contributed by atoms with E-state index in [0.29, 0.717) is 12.0 Å². The number of nitrogens with one attached hydrogen (secondary N) is 1. The lowest BCUT2D eigenvalue weighted by Crippen LogP contribution is -2.23. The Kier molecular flexibility index (Phi) is 4.41. The van der Waals surface area contributed by atoms with Gasteiger partial charge < -0.3 is 9.84 Å². The molecule has 2 aromatic heterocycles. The molecule has 0 unspecified atom stereocenters. The minimum absolute atomic E-state index is 0.301. The topological polar surface area (TPSA) is 63.8 Å². The Morgan fingerprint density at radius 2 is 2.00 bits per heavy atom. The van der Waals surface area contributed by atoms with E-state index < -0.39 is 0 Å². The van der Waals surface area contributed by atoms with Crippen LogP contribution in [0.4, 0.5) is 5.95 Å². The molecule has 0 amide bonds. The van der Waals surface area contributed by atoms with Gasteiger partial charge in [0.05, 0.1) is 17.0 Å². The van der Waals surface area contributed by atoms with Crippen molar-refractivity contribution in [3.63, 3.8) is 0 Å². The van der Waals surface area contributed by atoms with Crippen LogP contribution < -0.4 is 5.32 Å². The van der Waals surface area contributed by atoms with Gasteiger partial charge in [0.15, 0.2) is 5.76 Å². The number of aryl methyl sites for hydroxylation is 1. The smallest absolute Gasteiger partial charge is 0.223 e. The molecule has 0 saturated heterocycles. The Labute approximate surface area is 131 Å². The molecule has 0 spiro atoms. The second kappa shape index (κ2) is 6.46. The third-order valence-electron chi connectivity index (χ3n) is 4.20. The summed E-state index contributed by atoms with van der Waals surface area (Å²) in [6.45, 7) is 6.20. The molecule has 0 aromatic carbocycles. The summed E-state index contributed by atoms with van der Waals surface area (Å²) in [6.07, 6.45) is 8.22. The van der Waals surface area contributed by atoms with Gasteiger partial charge in [-0.2, -0.15) is 0 Å². The highest BCUT2D eigenvalue weighted by Gasteiger charge is 2.18. The van der Waals surface area contributed by atoms with E-state index in [-0.39, 0.29) is 0 Å². The maximum atomic E-state index is 5.38. The zero-order chi connectivity index (χ0) is 15.5. The van der Waals surface area contributed by atoms with Gasteiger partial charge in [0.1, 0.15) is 0 Å². The first kappa shape index (κ1) is 15.0. The van der Waals surface area contributed by atoms with Gasteiger partial charge in [0.25, 0.3) is 0 Å². The molecular weight excluding hydrogens is 276 g/mol. The quantitative estimate of drug-likeness (QED) is 0.911. The molecule has 2 heterocycles. The van der Waals surface area contributed by atoms with E-state index in [1.54, 1.807) is 0 Å². The Morgan fingerprint density at radius 3 is 2.64 bits per heavy atom. The van der Waals surface area contributed by atoms with Crippen molar-refractivity contribution >= 4 is 5.95 Å². The van der Waals surface area contributed by atoms with Gasteiger partial charge in [-0.1, -0.05) is 38.3 Å². The fraction of sp³-hybridized carbons (Fsp3) is 0.588. The van der Waals surface area contributed by atoms with Crippen LogP contribution in [-0.2, 0) is 0 Å². The molecule has 1 aliphatic rings. The molecule has 0 aliphatic heterocycles. The Balaban J connectivity index is 1.86. The SMILES string of the molecule is Cc1cc(-c2cnc(NC3CCCCC3)nc2C(C)C)on1. The first-order chi connectivity index (χ1) is 10.6. The van der Waals surface area contributed by atoms with Gasteiger partial charge in [0.2, 0.25) is 5.95 Å². The summed E-state index contributed by atoms with van der Waals surface area (Å²) in [5.41, 5.74) is 2.81. The summed E-state index contributed by atoms with van der Waals surface area (Å²) in [5, 5.41) is 7.45. The first-order valence-electron chi connectivity index (χ1n) is 8.20. The van der Waals surface area contributed by atoms with Gasteiger partial charge >= 0.3 is 0 Å². The third kappa shape index (κ3) is 3.29. The zero-order valence-electron chi connectivity index (χ0n) is 13.6. The van der Waals surface area contributed by atoms with Crippen LogP contribution in [0.1, 0.15) is 63.3 Å². The fourth-order valence-corrected chi connectivity index (χ4v) is 3.01. The van der Waals surface area contributed by atoms with Crippen molar-refractivity contribution in [2.75, 3.05) is 5.32 Å². The average molecular weight is 300 g/mol. The van der Waals surface area contributed by atoms with Crippen LogP contribution in [0.2, 0.25) is 0 Å². The zero-order valence-corrected chi connectivity index (χ0v) is 13.6. The molecule has 1 aliphatic carbocycles. The van der Waals surface area contributed by atoms with Crippen molar-refractivity contribution in [1.82, 2.24) is 15.1 Å². The molecule has 3 rings (SSSR count). The molecule has 5 heteroatoms. The number of rotatable bonds is 4. The van der Waals surface area contributed by atoms with Crippen molar-refractivity contribution in [3.05, 3.63) is 23.7 Å². The normalized spacial score (nSPS) is 16.2. The van der Waals surface area contributed by atoms with Crippen LogP contribution in [0.25, 0.3) is 11.3 Å². The van der Waals surface area contributed by atoms with Crippen LogP contribution in [0.5, 0.6) is 0 Å². The molecule has 1 saturated carbocycles. The molecule has 0 atom stereocenters. The highest BCUT2D eigenvalue weighted by molar-refractivity contribution is 5.61. The fourth-order valence-electron chi connectivity index (χ4n) is 3.01. The second-order valence-corrected chi connectivity index (χ2v) is 6.46. The predicted octanol–water partition coefficient (Wildman–Crippen LogP) is 4.31. The summed E-state index contributed by atoms with van der Waals surface area (Å²) in [6, 6.07) is 2.44. The van der Waals surface area contributed by atoms with E-state index in [2.05, 4.69) is 29.3 Å². The monoisotopic (exact) mass is 300 g/mol. The number of hydrogen-bond acceptors (Lipinski definition) is 5. The maximum absolute atomic E-state index is 5.38. The van der Waals surface area contributed by atoms with Crippen LogP contribution >= 0.6 is 0 Å². The molecule has 1 fully saturated rings. The standard InChI is InChI=1S/C17H24N4O/c1-11(2)16-14(15-9-12(3)21-22-15)10-18-17(20-16)19-13-7-5-4-6-8-13/h9-11,13H,4-8H2,1-3H3,(H,18,19,20). The molecular formula is C17H24N4O. The van der Waals surface area contributed by atoms with Crippen LogP contribution in [0.15, 0.2) is 16.8 Å². The Hall–Kier alpha value is -1.91. The van der Waals surface area contributed by atoms with Crippen LogP contribution in [-0.4, -0.2) is 21.2 Å². The summed E-state index contributed by atoms with van der Waals surface area (Å²) >= 11 is 0. The second-order valence-electron chi connectivity index (χ2n) is 6.46. The van der Waals surface area contributed by atoms with Crippen molar-refractivity contribution in [2.45, 2.75) is 64.8 Å². The number of hydrogen-bond donors (Lipinski definition) is 1. The summed E-state index contributed by atoms with van der Waals surface area (Å²) in [7, 11) is 0. The van der Waals surface area contributed by atoms with E-state index in [9.17, 15) is 0 Å². The number of anilines is 1. The van der Waals surface area contributed by atoms with E-state index in [1.807, 2.05) is 19.2 Å². The minimum Gasteiger partial charge on any atom is -0.356 e. The molecule has 2 aromatic rings. The first-order valence-corrected chi connectivity index (χ1v) is 8.20. The minimum atomic E-state index is 0.301. The molecule has 5 nitrogen and oxygen atoms in total. The Morgan fingerprint density at radius 1 is 1.23 bits per heavy atom. The molecule has 22 heavy (non-hydrogen) atoms. The molecule has 0 radical (unpaired) electrons. The van der Waals surface area contributed by atoms with Gasteiger partial charge in [-0.05, 0) is 25.7 Å². The third-order valence-corrected chi connectivity index (χ3v) is 4.20. The number of aromatic nitrogens is 3. The van der Waals surface area contributed by atoms with Crippen molar-refractivity contribution in [2.24, 2.45) is 0 Å². The van der Waals surface area contributed by atoms with E-state index in [0.717, 1.165) is 28.7 Å². The van der Waals surface area contributed by atoms with Crippen LogP contribution in [0, 0.1) is 6.92 Å². The van der Waals surface area contributed by atoms with Crippen molar-refractivity contribution in [1.29, 1.82) is 0 Å². The lowest BCUT2D eigenvalue weighted by Gasteiger charge is -2.23. The average Bonchev–Trinajstić information content (AvgIpc) is 2.94. The Bertz CT molecular complexity index is 629. The van der Waals surface area contributed by atoms with E-state index in [1.165, 1.54) is 32.1 Å². The van der Waals surface area contributed by atoms with E-state index in [4.69, 9.17) is 9.51 Å². The molecule has 1 N–H and O–H groups in total. The molecule has 118 valence electrons. The van der Waals surface area contributed by atoms with Gasteiger partial charge in [0, 0.05) is 18.3 Å². The van der Waals surface area contributed by atoms with Gasteiger partial charge in [-0.15, -0.1) is 0 Å². The summed E-state index contributed by atoms with van der Waals surface area (Å²) < 4.78 is 5.38. The molecule has 0 bridgehead atoms. The lowest BCUT2D eigenvalue weighted by atomic mass is 9.96. The van der Waals surface area contributed by atoms with Crippen LogP contribution in [0.3, 0.4) is 0 Å². The highest BCUT2D eigenvalue weighted by Crippen LogP contribution is 2.29. The van der Waals surface area contributed by atoms with Gasteiger partial charge in [-0.25, -0.2) is 9.97 Å². The number of nitrogens with zero attached hydrogens (tertiary/aromatic N) is 3. The largest absolute Gasteiger partial charge is 0.356 e. The van der Waals surface area contributed by atoms with Crippen molar-refractivity contribution < 1.29 is 4.52 Å². The summed E-state index contributed by atoms with van der Waals surface area (Å²) in [4.78, 5) is 9.23. The highest BCUT2D eigenvalue weighted by atomic mass is 16.5. The lowest BCUT2D eigenvalue weighted by molar-refractivity contribution is 0.426. The van der Waals surface area contributed by atoms with Crippen molar-refractivity contribution in [3.8, 4) is 11.3 Å². The maximum Gasteiger partial charge on any atom is 0.223 e. The van der Waals surface area contributed by atoms with Gasteiger partial charge in [-0.3, -0.25) is 0 Å². The predicted molar refractivity (Wildman–Crippen MR) is 86.9 cm³/mol. The summed E-state index contributed by atoms with van der Waals surface area (Å²) in [5.74, 6) is 1.77.